The third-order valence-electron chi connectivity index (χ3n) is 11.6. The van der Waals surface area contributed by atoms with Gasteiger partial charge in [0.15, 0.2) is 0 Å². The molecule has 15 heteroatoms. The maximum atomic E-state index is 13.1. The first-order chi connectivity index (χ1) is 27.2. The highest BCUT2D eigenvalue weighted by Gasteiger charge is 2.45. The van der Waals surface area contributed by atoms with Crippen molar-refractivity contribution in [1.82, 2.24) is 29.9 Å². The zero-order chi connectivity index (χ0) is 38.9. The number of carbonyl (C=O) groups excluding carboxylic acids is 5. The average Bonchev–Trinajstić information content (AvgIpc) is 3.90. The number of benzene rings is 2. The summed E-state index contributed by atoms with van der Waals surface area (Å²) in [7, 11) is 1.50. The van der Waals surface area contributed by atoms with Crippen LogP contribution in [0, 0.1) is 5.92 Å². The first kappa shape index (κ1) is 37.1. The lowest BCUT2D eigenvalue weighted by molar-refractivity contribution is -0.136. The van der Waals surface area contributed by atoms with Crippen LogP contribution in [-0.2, 0) is 9.59 Å². The summed E-state index contributed by atoms with van der Waals surface area (Å²) in [5, 5.41) is 12.5. The van der Waals surface area contributed by atoms with Gasteiger partial charge in [0.1, 0.15) is 17.5 Å². The Labute approximate surface area is 323 Å². The molecule has 4 fully saturated rings. The molecule has 56 heavy (non-hydrogen) atoms. The maximum absolute atomic E-state index is 13.1. The highest BCUT2D eigenvalue weighted by atomic mass is 16.5. The number of carbonyl (C=O) groups is 5. The van der Waals surface area contributed by atoms with Crippen LogP contribution in [0.2, 0.25) is 0 Å². The predicted octanol–water partition coefficient (Wildman–Crippen LogP) is 4.11. The molecule has 3 N–H and O–H groups in total. The Morgan fingerprint density at radius 3 is 2.39 bits per heavy atom. The van der Waals surface area contributed by atoms with Gasteiger partial charge in [0.05, 0.1) is 35.5 Å². The fraction of sp³-hybridized carbons (Fsp3) is 0.439. The fourth-order valence-corrected chi connectivity index (χ4v) is 8.33. The van der Waals surface area contributed by atoms with E-state index in [-0.39, 0.29) is 41.9 Å². The largest absolute Gasteiger partial charge is 0.496 e. The molecule has 2 saturated heterocycles. The van der Waals surface area contributed by atoms with Gasteiger partial charge in [-0.05, 0) is 74.4 Å². The molecule has 0 radical (unpaired) electrons. The van der Waals surface area contributed by atoms with Crippen molar-refractivity contribution in [2.45, 2.75) is 69.9 Å². The van der Waals surface area contributed by atoms with Crippen molar-refractivity contribution in [1.29, 1.82) is 0 Å². The lowest BCUT2D eigenvalue weighted by atomic mass is 9.89. The number of piperidine rings is 1. The Bertz CT molecular complexity index is 2250. The van der Waals surface area contributed by atoms with E-state index in [1.54, 1.807) is 53.4 Å². The minimum absolute atomic E-state index is 0.125. The summed E-state index contributed by atoms with van der Waals surface area (Å²) in [4.78, 5) is 80.5. The third-order valence-corrected chi connectivity index (χ3v) is 11.6. The molecule has 5 heterocycles. The Kier molecular flexibility index (Phi) is 10.4. The number of methoxy groups -OCH3 is 1. The highest BCUT2D eigenvalue weighted by Crippen LogP contribution is 2.34. The van der Waals surface area contributed by atoms with Gasteiger partial charge in [-0.15, -0.1) is 0 Å². The number of fused-ring (bicyclic) bond motifs is 2. The lowest BCUT2D eigenvalue weighted by Gasteiger charge is -2.38. The second-order valence-corrected chi connectivity index (χ2v) is 15.3. The minimum Gasteiger partial charge on any atom is -0.496 e. The van der Waals surface area contributed by atoms with E-state index in [4.69, 9.17) is 4.74 Å². The van der Waals surface area contributed by atoms with Crippen LogP contribution in [0.3, 0.4) is 0 Å². The van der Waals surface area contributed by atoms with Gasteiger partial charge in [-0.2, -0.15) is 5.10 Å². The zero-order valence-electron chi connectivity index (χ0n) is 31.4. The van der Waals surface area contributed by atoms with Crippen LogP contribution >= 0.6 is 0 Å². The van der Waals surface area contributed by atoms with E-state index in [9.17, 15) is 28.8 Å². The van der Waals surface area contributed by atoms with Gasteiger partial charge in [0.2, 0.25) is 11.8 Å². The third kappa shape index (κ3) is 7.55. The number of imide groups is 2. The van der Waals surface area contributed by atoms with E-state index < -0.39 is 23.8 Å². The normalized spacial score (nSPS) is 20.4. The summed E-state index contributed by atoms with van der Waals surface area (Å²) in [6.07, 6.45) is 12.5. The van der Waals surface area contributed by atoms with Crippen molar-refractivity contribution in [3.8, 4) is 5.75 Å². The van der Waals surface area contributed by atoms with E-state index in [1.807, 2.05) is 6.07 Å². The summed E-state index contributed by atoms with van der Waals surface area (Å²) < 4.78 is 6.96. The number of hydrogen-bond donors (Lipinski definition) is 3. The summed E-state index contributed by atoms with van der Waals surface area (Å²) in [6.45, 7) is 4.98. The number of hydrogen-bond acceptors (Lipinski definition) is 10. The molecular weight excluding hydrogens is 716 g/mol. The number of aromatic amines is 1. The standard InChI is InChI=1S/C24H30N4O4.C17H16N4O3/c29-21-9-8-20(22(30)25-21)28-23(31)18-7-6-17(14-19(18)24(28)32)27-12-10-26(11-13-27)15-16-4-2-1-3-5-16;1-24-15-8-14-10(9-18-20-14)7-12(15)16(22)19-13-3-2-6-21(17(13)23)11-4-5-11/h6-7,14,16,20H,1-5,8-13,15H2,(H,25,29,30);2-3,6-9,11H,4-5H2,1H3,(H,18,20)(H,19,22). The van der Waals surface area contributed by atoms with E-state index in [0.717, 1.165) is 66.4 Å². The van der Waals surface area contributed by atoms with E-state index in [2.05, 4.69) is 30.6 Å². The van der Waals surface area contributed by atoms with E-state index in [0.29, 0.717) is 22.4 Å². The van der Waals surface area contributed by atoms with Gasteiger partial charge in [-0.1, -0.05) is 19.3 Å². The zero-order valence-corrected chi connectivity index (χ0v) is 31.4. The molecule has 9 rings (SSSR count). The first-order valence-corrected chi connectivity index (χ1v) is 19.5. The quantitative estimate of drug-likeness (QED) is 0.221. The van der Waals surface area contributed by atoms with Crippen molar-refractivity contribution in [2.24, 2.45) is 5.92 Å². The molecular formula is C41H46N8O7. The van der Waals surface area contributed by atoms with Crippen molar-refractivity contribution in [2.75, 3.05) is 50.1 Å². The van der Waals surface area contributed by atoms with Gasteiger partial charge < -0.3 is 19.5 Å². The Hall–Kier alpha value is -5.83. The molecule has 0 bridgehead atoms. The molecule has 5 amide bonds. The summed E-state index contributed by atoms with van der Waals surface area (Å²) in [6, 6.07) is 11.5. The molecule has 2 aromatic carbocycles. The monoisotopic (exact) mass is 762 g/mol. The summed E-state index contributed by atoms with van der Waals surface area (Å²) in [5.74, 6) is -0.987. The fourth-order valence-electron chi connectivity index (χ4n) is 8.33. The van der Waals surface area contributed by atoms with Crippen molar-refractivity contribution in [3.05, 3.63) is 81.9 Å². The number of amides is 5. The molecule has 5 aliphatic rings. The second-order valence-electron chi connectivity index (χ2n) is 15.3. The molecule has 2 aliphatic carbocycles. The van der Waals surface area contributed by atoms with Gasteiger partial charge in [0, 0.05) is 68.5 Å². The number of nitrogens with zero attached hydrogens (tertiary/aromatic N) is 5. The molecule has 2 aromatic heterocycles. The molecule has 1 unspecified atom stereocenters. The SMILES string of the molecule is COc1cc2[nH]ncc2cc1C(=O)Nc1cccn(C2CC2)c1=O.O=C1CCC(N2C(=O)c3ccc(N4CCN(CC5CCCCC5)CC4)cc3C2=O)C(=O)N1. The molecule has 15 nitrogen and oxygen atoms in total. The molecule has 0 spiro atoms. The topological polar surface area (TPSA) is 179 Å². The second kappa shape index (κ2) is 15.7. The average molecular weight is 763 g/mol. The highest BCUT2D eigenvalue weighted by molar-refractivity contribution is 6.23. The number of pyridine rings is 1. The maximum Gasteiger partial charge on any atom is 0.274 e. The Balaban J connectivity index is 0.000000164. The number of H-pyrrole nitrogens is 1. The number of anilines is 2. The molecule has 292 valence electrons. The smallest absolute Gasteiger partial charge is 0.274 e. The molecule has 3 aliphatic heterocycles. The lowest BCUT2D eigenvalue weighted by Crippen LogP contribution is -2.54. The first-order valence-electron chi connectivity index (χ1n) is 19.5. The predicted molar refractivity (Wildman–Crippen MR) is 208 cm³/mol. The van der Waals surface area contributed by atoms with Crippen LogP contribution in [0.1, 0.15) is 94.9 Å². The minimum atomic E-state index is -0.924. The van der Waals surface area contributed by atoms with Crippen LogP contribution in [-0.4, -0.2) is 100.0 Å². The Morgan fingerprint density at radius 1 is 0.893 bits per heavy atom. The van der Waals surface area contributed by atoms with Gasteiger partial charge in [0.25, 0.3) is 23.3 Å². The van der Waals surface area contributed by atoms with Gasteiger partial charge in [-0.25, -0.2) is 0 Å². The molecule has 2 saturated carbocycles. The van der Waals surface area contributed by atoms with Gasteiger partial charge in [-0.3, -0.25) is 49.0 Å². The molecule has 1 atom stereocenters. The van der Waals surface area contributed by atoms with Crippen LogP contribution in [0.25, 0.3) is 10.9 Å². The van der Waals surface area contributed by atoms with Crippen LogP contribution in [0.4, 0.5) is 11.4 Å². The number of nitrogens with one attached hydrogen (secondary N) is 3. The number of aromatic nitrogens is 3. The summed E-state index contributed by atoms with van der Waals surface area (Å²) in [5.41, 5.74) is 2.83. The van der Waals surface area contributed by atoms with Crippen molar-refractivity contribution >= 4 is 51.8 Å². The van der Waals surface area contributed by atoms with Crippen molar-refractivity contribution in [3.63, 3.8) is 0 Å². The summed E-state index contributed by atoms with van der Waals surface area (Å²) >= 11 is 0. The van der Waals surface area contributed by atoms with E-state index >= 15 is 0 Å². The van der Waals surface area contributed by atoms with Crippen LogP contribution in [0.5, 0.6) is 5.75 Å². The van der Waals surface area contributed by atoms with Crippen LogP contribution < -0.4 is 25.8 Å². The molecule has 4 aromatic rings. The number of piperazine rings is 1. The van der Waals surface area contributed by atoms with Gasteiger partial charge >= 0.3 is 0 Å². The number of rotatable bonds is 8. The van der Waals surface area contributed by atoms with Crippen molar-refractivity contribution < 1.29 is 28.7 Å². The van der Waals surface area contributed by atoms with E-state index in [1.165, 1.54) is 45.8 Å². The Morgan fingerprint density at radius 2 is 1.66 bits per heavy atom. The van der Waals surface area contributed by atoms with Crippen LogP contribution in [0.15, 0.2) is 59.7 Å². The number of ether oxygens (including phenoxy) is 1.